The lowest BCUT2D eigenvalue weighted by atomic mass is 9.71. The Labute approximate surface area is 829 Å². The summed E-state index contributed by atoms with van der Waals surface area (Å²) in [5.41, 5.74) is 19.9. The van der Waals surface area contributed by atoms with Gasteiger partial charge in [0.05, 0.1) is 0 Å². The molecule has 0 aromatic heterocycles. The number of hydrogen-bond donors (Lipinski definition) is 0. The molecule has 0 radical (unpaired) electrons. The third-order valence-corrected chi connectivity index (χ3v) is 21.9. The zero-order valence-corrected chi connectivity index (χ0v) is 89.2. The molecule has 0 saturated carbocycles. The average molecular weight is 1750 g/mol. The Morgan fingerprint density at radius 3 is 0.819 bits per heavy atom. The maximum atomic E-state index is 8.83. The monoisotopic (exact) mass is 1750 g/mol. The molecule has 0 N–H and O–H groups in total. The number of aryl methyl sites for hydroxylation is 4. The van der Waals surface area contributed by atoms with E-state index in [2.05, 4.69) is 311 Å². The highest BCUT2D eigenvalue weighted by Crippen LogP contribution is 2.43. The SMILES string of the molecule is Cc1cccc(C)c1C(C)(C)C.Cc1ccccc1C(C)(C)C.Cc1ccccc1C(C)(C)C.[2H]C(C)(C)c1cccc(C(C)(C)C)c1C(C)(C)C.[2H]C(C)(C)c1ccccc1C(C)(C)C.[2H]C([2H])([2H])C([2H])(c1cccc(C([2H])(C([2H])([2H])[2H])C([2H])([2H])C)c1C(C)(C)C)C([2H])([2H])[2H].[2H]C([2H])([2H])C([2H])(c1ccccc1C(C)(C)C)C([2H])([2H])[2H].[2H]C([2H])(c1cccc(C([2H])(C)C(C)C)c1C(C)(C)C)C(C)C.[2H]C([2H])(c1ccccc1C(C)(C)C)C(C)C. The molecule has 127 heavy (non-hydrogen) atoms. The molecule has 2 unspecified atom stereocenters. The van der Waals surface area contributed by atoms with Gasteiger partial charge in [0.25, 0.3) is 0 Å². The van der Waals surface area contributed by atoms with Gasteiger partial charge in [0, 0.05) is 37.0 Å². The first-order valence-electron chi connectivity index (χ1n) is 59.9. The third kappa shape index (κ3) is 39.9. The van der Waals surface area contributed by atoms with E-state index in [1.807, 2.05) is 132 Å². The standard InChI is InChI=1S/C19H32.2C17H28.C14H22.2C13H20.C12H18.2C11H16/c1-13(2)12-16-10-9-11-17(15(5)14(3)4)18(16)19(6,7)8;1-12(2)13-10-9-11-14(16(3,4)5)15(13)17(6,7)8;1-8-13(4)15-11-9-10-14(12(2)3)16(15)17(5,6)7;1-11(2)10-12-8-6-7-9-13(12)14(3,4)5;2*1-10(2)11-8-6-7-9-12(11)13(3,4)5;1-9-7-6-8-10(2)11(9)12(3,4)5;2*1-9-7-5-6-8-10(9)11(2,3)4/h9-11,13-15H,12H2,1-8H3;9-12H,1-8H3;9-13H,8H2,1-7H3;6-9,11H,10H2,1-5H3;2*6-10H,1-5H3;6-8H,1-5H3;2*5-8H,1-4H3/i12D2,15D;12D;2D3,3D3,4D3,8D2,12D,13D;10D2;1D3,2D3,10D;10D;;;. The molecule has 0 bridgehead atoms. The van der Waals surface area contributed by atoms with E-state index in [0.717, 1.165) is 51.9 Å². The van der Waals surface area contributed by atoms with Crippen molar-refractivity contribution < 1.29 is 37.0 Å². The van der Waals surface area contributed by atoms with Crippen molar-refractivity contribution in [3.8, 4) is 0 Å². The Hall–Kier alpha value is -7.02. The topological polar surface area (TPSA) is 0 Å². The molecule has 0 amide bonds. The second-order valence-electron chi connectivity index (χ2n) is 46.0. The van der Waals surface area contributed by atoms with Crippen LogP contribution in [-0.2, 0) is 66.9 Å². The lowest BCUT2D eigenvalue weighted by Crippen LogP contribution is -2.24. The van der Waals surface area contributed by atoms with Crippen molar-refractivity contribution >= 4 is 0 Å². The summed E-state index contributed by atoms with van der Waals surface area (Å²) < 4.78 is 217. The first-order valence-corrected chi connectivity index (χ1v) is 46.4. The van der Waals surface area contributed by atoms with Gasteiger partial charge in [0.2, 0.25) is 0 Å². The zero-order chi connectivity index (χ0) is 122. The van der Waals surface area contributed by atoms with Crippen LogP contribution in [0.1, 0.15) is 526 Å². The van der Waals surface area contributed by atoms with Crippen molar-refractivity contribution in [3.63, 3.8) is 0 Å². The van der Waals surface area contributed by atoms with E-state index in [9.17, 15) is 0 Å². The molecule has 708 valence electrons. The maximum Gasteiger partial charge on any atom is 0.0352 e. The molecule has 0 saturated heterocycles. The van der Waals surface area contributed by atoms with Gasteiger partial charge < -0.3 is 0 Å². The Morgan fingerprint density at radius 2 is 0.504 bits per heavy atom. The van der Waals surface area contributed by atoms with Gasteiger partial charge in [0.15, 0.2) is 0 Å². The van der Waals surface area contributed by atoms with E-state index in [1.165, 1.54) is 73.8 Å². The molecule has 2 atom stereocenters. The highest BCUT2D eigenvalue weighted by molar-refractivity contribution is 5.48. The average Bonchev–Trinajstić information content (AvgIpc) is 0.703. The molecule has 9 rings (SSSR count). The van der Waals surface area contributed by atoms with Gasteiger partial charge in [-0.15, -0.1) is 0 Å². The van der Waals surface area contributed by atoms with Crippen LogP contribution in [0.3, 0.4) is 0 Å². The second kappa shape index (κ2) is 50.6. The molecule has 0 aliphatic heterocycles. The first-order chi connectivity index (χ1) is 68.0. The molecule has 9 aromatic carbocycles. The fraction of sp³-hybridized carbons (Fsp3) is 0.575. The Kier molecular flexibility index (Phi) is 31.3. The molecule has 0 nitrogen and oxygen atoms in total. The molecule has 0 spiro atoms. The van der Waals surface area contributed by atoms with Crippen LogP contribution in [0.15, 0.2) is 194 Å². The highest BCUT2D eigenvalue weighted by atomic mass is 14.4. The van der Waals surface area contributed by atoms with Crippen molar-refractivity contribution in [1.29, 1.82) is 0 Å². The van der Waals surface area contributed by atoms with E-state index in [4.69, 9.17) is 37.0 Å². The van der Waals surface area contributed by atoms with Gasteiger partial charge in [0.1, 0.15) is 0 Å². The van der Waals surface area contributed by atoms with Gasteiger partial charge in [-0.25, -0.2) is 0 Å². The van der Waals surface area contributed by atoms with Gasteiger partial charge in [-0.3, -0.25) is 0 Å². The van der Waals surface area contributed by atoms with Crippen LogP contribution in [0, 0.1) is 45.4 Å². The molecule has 0 aliphatic rings. The summed E-state index contributed by atoms with van der Waals surface area (Å²) in [6.07, 6.45) is -5.27. The minimum absolute atomic E-state index is 0.0150. The quantitative estimate of drug-likeness (QED) is 0.114. The highest BCUT2D eigenvalue weighted by Gasteiger charge is 2.31. The molecule has 0 aliphatic carbocycles. The van der Waals surface area contributed by atoms with Crippen LogP contribution >= 0.6 is 0 Å². The van der Waals surface area contributed by atoms with Gasteiger partial charge in [-0.2, -0.15) is 0 Å². The molecular formula is C127H200. The number of hydrogen-bond acceptors (Lipinski definition) is 0. The maximum absolute atomic E-state index is 8.83. The van der Waals surface area contributed by atoms with Crippen molar-refractivity contribution in [2.45, 2.75) is 461 Å². The van der Waals surface area contributed by atoms with Gasteiger partial charge in [-0.1, -0.05) is 519 Å². The van der Waals surface area contributed by atoms with E-state index in [1.54, 1.807) is 39.0 Å². The Balaban J connectivity index is 0.000000881. The fourth-order valence-electron chi connectivity index (χ4n) is 16.1. The van der Waals surface area contributed by atoms with Crippen LogP contribution in [0.2, 0.25) is 0 Å². The largest absolute Gasteiger partial charge is 0.0648 e. The normalized spacial score (nSPS) is 17.5. The lowest BCUT2D eigenvalue weighted by Gasteiger charge is -2.33. The molecule has 9 aromatic rings. The summed E-state index contributed by atoms with van der Waals surface area (Å²) in [5.74, 6) is -10.4. The van der Waals surface area contributed by atoms with E-state index in [-0.39, 0.29) is 77.8 Å². The number of rotatable bonds is 12. The predicted octanol–water partition coefficient (Wildman–Crippen LogP) is 39.6. The van der Waals surface area contributed by atoms with E-state index >= 15 is 0 Å². The summed E-state index contributed by atoms with van der Waals surface area (Å²) in [6.45, 7) is 78.9. The summed E-state index contributed by atoms with van der Waals surface area (Å²) in [7, 11) is 0. The van der Waals surface area contributed by atoms with Crippen LogP contribution in [-0.4, -0.2) is 0 Å². The second-order valence-corrected chi connectivity index (χ2v) is 46.0. The Bertz CT molecular complexity index is 5610. The van der Waals surface area contributed by atoms with Crippen molar-refractivity contribution in [2.75, 3.05) is 0 Å². The smallest absolute Gasteiger partial charge is 0.0352 e. The van der Waals surface area contributed by atoms with Crippen LogP contribution in [0.25, 0.3) is 0 Å². The summed E-state index contributed by atoms with van der Waals surface area (Å²) >= 11 is 0. The Morgan fingerprint density at radius 1 is 0.236 bits per heavy atom. The van der Waals surface area contributed by atoms with E-state index < -0.39 is 105 Å². The van der Waals surface area contributed by atoms with Gasteiger partial charge >= 0.3 is 0 Å². The minimum Gasteiger partial charge on any atom is -0.0648 e. The van der Waals surface area contributed by atoms with E-state index in [0.29, 0.717) is 5.56 Å². The lowest BCUT2D eigenvalue weighted by molar-refractivity contribution is 0.503. The van der Waals surface area contributed by atoms with Crippen molar-refractivity contribution in [1.82, 2.24) is 0 Å². The fourth-order valence-corrected chi connectivity index (χ4v) is 16.1. The molecule has 0 heteroatoms. The zero-order valence-electron chi connectivity index (χ0n) is 116. The third-order valence-electron chi connectivity index (χ3n) is 21.9. The van der Waals surface area contributed by atoms with Crippen LogP contribution in [0.4, 0.5) is 0 Å². The number of benzene rings is 9. The van der Waals surface area contributed by atoms with Crippen molar-refractivity contribution in [2.24, 2.45) is 17.8 Å². The summed E-state index contributed by atoms with van der Waals surface area (Å²) in [5, 5.41) is 0. The van der Waals surface area contributed by atoms with Crippen LogP contribution < -0.4 is 0 Å². The molecular weight excluding hydrogens is 1530 g/mol. The minimum atomic E-state index is -3.31. The summed E-state index contributed by atoms with van der Waals surface area (Å²) in [6, 6.07) is 62.0. The van der Waals surface area contributed by atoms with Crippen molar-refractivity contribution in [3.05, 3.63) is 317 Å². The summed E-state index contributed by atoms with van der Waals surface area (Å²) in [4.78, 5) is 0. The van der Waals surface area contributed by atoms with Gasteiger partial charge in [-0.05, 0) is 276 Å². The molecule has 0 fully saturated rings. The first kappa shape index (κ1) is 78.6. The molecule has 0 heterocycles. The predicted molar refractivity (Wildman–Crippen MR) is 579 cm³/mol. The van der Waals surface area contributed by atoms with Crippen LogP contribution in [0.5, 0.6) is 0 Å².